The van der Waals surface area contributed by atoms with Crippen LogP contribution in [0.2, 0.25) is 0 Å². The van der Waals surface area contributed by atoms with Crippen molar-refractivity contribution in [2.75, 3.05) is 20.3 Å². The molecule has 1 atom stereocenters. The number of aryl methyl sites for hydroxylation is 1. The zero-order chi connectivity index (χ0) is 20.1. The molecule has 1 N–H and O–H groups in total. The van der Waals surface area contributed by atoms with E-state index in [0.29, 0.717) is 24.6 Å². The predicted molar refractivity (Wildman–Crippen MR) is 108 cm³/mol. The van der Waals surface area contributed by atoms with Crippen LogP contribution in [0, 0.1) is 6.92 Å². The predicted octanol–water partition coefficient (Wildman–Crippen LogP) is 2.76. The number of rotatable bonds is 8. The Bertz CT molecular complexity index is 965. The first-order valence-corrected chi connectivity index (χ1v) is 9.79. The minimum absolute atomic E-state index is 0.349. The molecule has 7 nitrogen and oxygen atoms in total. The molecule has 28 heavy (non-hydrogen) atoms. The van der Waals surface area contributed by atoms with E-state index in [1.807, 2.05) is 41.9 Å². The fraction of sp³-hybridized carbons (Fsp3) is 0.350. The number of amides is 1. The Hall–Kier alpha value is -2.71. The van der Waals surface area contributed by atoms with E-state index in [9.17, 15) is 9.59 Å². The van der Waals surface area contributed by atoms with Gasteiger partial charge in [-0.25, -0.2) is 4.79 Å². The van der Waals surface area contributed by atoms with Gasteiger partial charge in [-0.1, -0.05) is 30.3 Å². The highest BCUT2D eigenvalue weighted by Gasteiger charge is 2.22. The van der Waals surface area contributed by atoms with E-state index in [-0.39, 0.29) is 5.91 Å². The van der Waals surface area contributed by atoms with E-state index >= 15 is 0 Å². The zero-order valence-electron chi connectivity index (χ0n) is 16.1. The number of ether oxygens (including phenoxy) is 2. The van der Waals surface area contributed by atoms with Gasteiger partial charge in [0.2, 0.25) is 0 Å². The lowest BCUT2D eigenvalue weighted by atomic mass is 10.2. The van der Waals surface area contributed by atoms with Gasteiger partial charge in [-0.2, -0.15) is 5.10 Å². The minimum atomic E-state index is -0.878. The molecule has 0 spiro atoms. The van der Waals surface area contributed by atoms with Crippen LogP contribution in [0.4, 0.5) is 0 Å². The largest absolute Gasteiger partial charge is 0.448 e. The summed E-state index contributed by atoms with van der Waals surface area (Å²) >= 11 is 1.32. The summed E-state index contributed by atoms with van der Waals surface area (Å²) in [4.78, 5) is 25.8. The highest BCUT2D eigenvalue weighted by atomic mass is 32.1. The van der Waals surface area contributed by atoms with Crippen molar-refractivity contribution in [1.82, 2.24) is 15.1 Å². The number of fused-ring (bicyclic) bond motifs is 1. The standard InChI is InChI=1S/C20H23N3O4S/c1-13-16-11-17(20(25)27-14(2)18(24)21-9-10-26-3)28-19(16)23(22-13)12-15-7-5-4-6-8-15/h4-8,11,14H,9-10,12H2,1-3H3,(H,21,24)/t14-/m0/s1. The van der Waals surface area contributed by atoms with Crippen LogP contribution >= 0.6 is 11.3 Å². The summed E-state index contributed by atoms with van der Waals surface area (Å²) in [6.07, 6.45) is -0.878. The van der Waals surface area contributed by atoms with Crippen molar-refractivity contribution in [3.63, 3.8) is 0 Å². The van der Waals surface area contributed by atoms with E-state index in [1.165, 1.54) is 11.3 Å². The normalized spacial score (nSPS) is 12.1. The summed E-state index contributed by atoms with van der Waals surface area (Å²) in [5.41, 5.74) is 1.98. The topological polar surface area (TPSA) is 82.4 Å². The van der Waals surface area contributed by atoms with Gasteiger partial charge in [0.15, 0.2) is 6.10 Å². The molecule has 0 bridgehead atoms. The molecule has 0 aliphatic rings. The maximum Gasteiger partial charge on any atom is 0.349 e. The average Bonchev–Trinajstić information content (AvgIpc) is 3.24. The maximum atomic E-state index is 12.5. The van der Waals surface area contributed by atoms with Gasteiger partial charge in [0.1, 0.15) is 9.71 Å². The fourth-order valence-corrected chi connectivity index (χ4v) is 3.81. The third kappa shape index (κ3) is 4.58. The number of hydrogen-bond donors (Lipinski definition) is 1. The number of methoxy groups -OCH3 is 1. The number of benzene rings is 1. The lowest BCUT2D eigenvalue weighted by molar-refractivity contribution is -0.129. The molecule has 0 saturated heterocycles. The number of nitrogens with one attached hydrogen (secondary N) is 1. The number of hydrogen-bond acceptors (Lipinski definition) is 6. The molecular formula is C20H23N3O4S. The minimum Gasteiger partial charge on any atom is -0.448 e. The van der Waals surface area contributed by atoms with Crippen molar-refractivity contribution in [3.8, 4) is 0 Å². The molecule has 2 heterocycles. The molecule has 0 aliphatic carbocycles. The van der Waals surface area contributed by atoms with Crippen molar-refractivity contribution in [2.45, 2.75) is 26.5 Å². The van der Waals surface area contributed by atoms with Gasteiger partial charge in [-0.15, -0.1) is 11.3 Å². The summed E-state index contributed by atoms with van der Waals surface area (Å²) in [6.45, 7) is 4.86. The Morgan fingerprint density at radius 3 is 2.75 bits per heavy atom. The van der Waals surface area contributed by atoms with Gasteiger partial charge in [0.05, 0.1) is 18.8 Å². The molecule has 1 aromatic carbocycles. The van der Waals surface area contributed by atoms with Gasteiger partial charge >= 0.3 is 5.97 Å². The van der Waals surface area contributed by atoms with Gasteiger partial charge in [-0.05, 0) is 25.5 Å². The Morgan fingerprint density at radius 1 is 1.29 bits per heavy atom. The number of nitrogens with zero attached hydrogens (tertiary/aromatic N) is 2. The molecule has 1 amide bonds. The molecule has 3 aromatic rings. The second-order valence-electron chi connectivity index (χ2n) is 6.39. The van der Waals surface area contributed by atoms with Crippen LogP contribution < -0.4 is 5.32 Å². The maximum absolute atomic E-state index is 12.5. The number of aromatic nitrogens is 2. The third-order valence-electron chi connectivity index (χ3n) is 4.24. The van der Waals surface area contributed by atoms with Gasteiger partial charge < -0.3 is 14.8 Å². The van der Waals surface area contributed by atoms with Crippen LogP contribution in [0.25, 0.3) is 10.2 Å². The average molecular weight is 401 g/mol. The monoisotopic (exact) mass is 401 g/mol. The van der Waals surface area contributed by atoms with Crippen LogP contribution in [0.1, 0.15) is 27.9 Å². The number of carbonyl (C=O) groups excluding carboxylic acids is 2. The van der Waals surface area contributed by atoms with E-state index in [2.05, 4.69) is 10.4 Å². The number of carbonyl (C=O) groups is 2. The molecular weight excluding hydrogens is 378 g/mol. The second kappa shape index (κ2) is 8.99. The zero-order valence-corrected chi connectivity index (χ0v) is 16.9. The van der Waals surface area contributed by atoms with E-state index in [1.54, 1.807) is 20.1 Å². The molecule has 8 heteroatoms. The summed E-state index contributed by atoms with van der Waals surface area (Å²) in [6, 6.07) is 11.8. The second-order valence-corrected chi connectivity index (χ2v) is 7.42. The van der Waals surface area contributed by atoms with Crippen LogP contribution in [0.15, 0.2) is 36.4 Å². The molecule has 0 radical (unpaired) electrons. The Kier molecular flexibility index (Phi) is 6.43. The molecule has 0 fully saturated rings. The first kappa shape index (κ1) is 20.0. The fourth-order valence-electron chi connectivity index (χ4n) is 2.77. The quantitative estimate of drug-likeness (QED) is 0.464. The lowest BCUT2D eigenvalue weighted by Gasteiger charge is -2.12. The van der Waals surface area contributed by atoms with E-state index in [4.69, 9.17) is 9.47 Å². The van der Waals surface area contributed by atoms with Crippen molar-refractivity contribution in [1.29, 1.82) is 0 Å². The van der Waals surface area contributed by atoms with Gasteiger partial charge in [-0.3, -0.25) is 9.48 Å². The molecule has 0 unspecified atom stereocenters. The molecule has 0 saturated carbocycles. The first-order valence-electron chi connectivity index (χ1n) is 8.98. The van der Waals surface area contributed by atoms with E-state index in [0.717, 1.165) is 21.5 Å². The molecule has 3 rings (SSSR count). The van der Waals surface area contributed by atoms with Gasteiger partial charge in [0.25, 0.3) is 5.91 Å². The summed E-state index contributed by atoms with van der Waals surface area (Å²) in [5.74, 6) is -0.862. The molecule has 148 valence electrons. The first-order chi connectivity index (χ1) is 13.5. The highest BCUT2D eigenvalue weighted by molar-refractivity contribution is 7.20. The van der Waals surface area contributed by atoms with Gasteiger partial charge in [0, 0.05) is 19.0 Å². The van der Waals surface area contributed by atoms with E-state index < -0.39 is 12.1 Å². The van der Waals surface area contributed by atoms with Crippen molar-refractivity contribution in [3.05, 3.63) is 52.5 Å². The number of esters is 1. The smallest absolute Gasteiger partial charge is 0.349 e. The van der Waals surface area contributed by atoms with Crippen LogP contribution in [0.5, 0.6) is 0 Å². The molecule has 2 aromatic heterocycles. The Morgan fingerprint density at radius 2 is 2.04 bits per heavy atom. The Balaban J connectivity index is 1.72. The summed E-state index contributed by atoms with van der Waals surface area (Å²) < 4.78 is 12.1. The van der Waals surface area contributed by atoms with Crippen LogP contribution in [-0.4, -0.2) is 48.0 Å². The number of thiophene rings is 1. The summed E-state index contributed by atoms with van der Waals surface area (Å²) in [5, 5.41) is 8.15. The van der Waals surface area contributed by atoms with Crippen LogP contribution in [-0.2, 0) is 20.8 Å². The highest BCUT2D eigenvalue weighted by Crippen LogP contribution is 2.29. The third-order valence-corrected chi connectivity index (χ3v) is 5.37. The summed E-state index contributed by atoms with van der Waals surface area (Å²) in [7, 11) is 1.55. The Labute approximate surface area is 167 Å². The molecule has 0 aliphatic heterocycles. The van der Waals surface area contributed by atoms with Crippen molar-refractivity contribution < 1.29 is 19.1 Å². The van der Waals surface area contributed by atoms with Crippen molar-refractivity contribution >= 4 is 33.4 Å². The van der Waals surface area contributed by atoms with Crippen LogP contribution in [0.3, 0.4) is 0 Å². The SMILES string of the molecule is COCCNC(=O)[C@H](C)OC(=O)c1cc2c(C)nn(Cc3ccccc3)c2s1. The lowest BCUT2D eigenvalue weighted by Crippen LogP contribution is -2.37. The van der Waals surface area contributed by atoms with Crippen molar-refractivity contribution in [2.24, 2.45) is 0 Å².